The number of aromatic nitrogens is 5. The fourth-order valence-corrected chi connectivity index (χ4v) is 5.53. The van der Waals surface area contributed by atoms with Crippen LogP contribution < -0.4 is 5.32 Å². The summed E-state index contributed by atoms with van der Waals surface area (Å²) in [5.74, 6) is 1.64. The van der Waals surface area contributed by atoms with Crippen molar-refractivity contribution in [3.8, 4) is 0 Å². The lowest BCUT2D eigenvalue weighted by Crippen LogP contribution is -2.62. The van der Waals surface area contributed by atoms with E-state index in [0.717, 1.165) is 18.6 Å². The Balaban J connectivity index is 1.47. The first-order valence-electron chi connectivity index (χ1n) is 12.5. The molecule has 2 heterocycles. The minimum absolute atomic E-state index is 0.161. The summed E-state index contributed by atoms with van der Waals surface area (Å²) >= 11 is 1.47. The largest absolute Gasteiger partial charge is 0.394 e. The minimum atomic E-state index is -1.55. The van der Waals surface area contributed by atoms with E-state index in [1.54, 1.807) is 0 Å². The minimum Gasteiger partial charge on any atom is -0.394 e. The SMILES string of the molecule is CCCSc1nc(NC2CC2c2ccccc2)c2nnn(C3[C@@H](O)[C@@H](O)C(OCCO)[C@@H](O)[C@H]3O)c2n1. The molecule has 2 aliphatic carbocycles. The maximum absolute atomic E-state index is 10.9. The topological polar surface area (TPSA) is 179 Å². The van der Waals surface area contributed by atoms with Gasteiger partial charge in [-0.3, -0.25) is 0 Å². The van der Waals surface area contributed by atoms with Crippen molar-refractivity contribution in [1.29, 1.82) is 0 Å². The fraction of sp³-hybridized carbons (Fsp3) is 0.583. The number of hydrogen-bond acceptors (Lipinski definition) is 12. The second-order valence-electron chi connectivity index (χ2n) is 9.43. The third kappa shape index (κ3) is 5.17. The first-order valence-corrected chi connectivity index (χ1v) is 13.4. The molecule has 0 bridgehead atoms. The van der Waals surface area contributed by atoms with Gasteiger partial charge in [0, 0.05) is 17.7 Å². The van der Waals surface area contributed by atoms with Gasteiger partial charge < -0.3 is 35.6 Å². The van der Waals surface area contributed by atoms with E-state index in [1.165, 1.54) is 22.0 Å². The third-order valence-corrected chi connectivity index (χ3v) is 7.89. The smallest absolute Gasteiger partial charge is 0.191 e. The molecular formula is C24H32N6O6S. The van der Waals surface area contributed by atoms with Crippen molar-refractivity contribution in [2.45, 2.75) is 73.4 Å². The van der Waals surface area contributed by atoms with E-state index in [0.29, 0.717) is 22.4 Å². The van der Waals surface area contributed by atoms with Crippen LogP contribution in [0.3, 0.4) is 0 Å². The molecule has 4 unspecified atom stereocenters. The van der Waals surface area contributed by atoms with E-state index < -0.39 is 36.6 Å². The van der Waals surface area contributed by atoms with Gasteiger partial charge in [-0.05, 0) is 18.4 Å². The van der Waals surface area contributed by atoms with Crippen LogP contribution in [0.25, 0.3) is 11.2 Å². The summed E-state index contributed by atoms with van der Waals surface area (Å²) in [4.78, 5) is 9.28. The quantitative estimate of drug-likeness (QED) is 0.153. The molecule has 200 valence electrons. The highest BCUT2D eigenvalue weighted by molar-refractivity contribution is 7.99. The zero-order valence-electron chi connectivity index (χ0n) is 20.3. The Labute approximate surface area is 217 Å². The van der Waals surface area contributed by atoms with Gasteiger partial charge in [0.15, 0.2) is 22.1 Å². The number of nitrogens with one attached hydrogen (secondary N) is 1. The van der Waals surface area contributed by atoms with Crippen LogP contribution in [0.2, 0.25) is 0 Å². The predicted molar refractivity (Wildman–Crippen MR) is 135 cm³/mol. The van der Waals surface area contributed by atoms with Gasteiger partial charge in [0.25, 0.3) is 0 Å². The van der Waals surface area contributed by atoms with Gasteiger partial charge in [-0.2, -0.15) is 0 Å². The number of benzene rings is 1. The molecular weight excluding hydrogens is 500 g/mol. The summed E-state index contributed by atoms with van der Waals surface area (Å²) in [5, 5.41) is 64.5. The van der Waals surface area contributed by atoms with Gasteiger partial charge in [-0.1, -0.05) is 54.2 Å². The predicted octanol–water partition coefficient (Wildman–Crippen LogP) is 0.0672. The molecule has 1 aromatic carbocycles. The van der Waals surface area contributed by atoms with E-state index >= 15 is 0 Å². The summed E-state index contributed by atoms with van der Waals surface area (Å²) in [7, 11) is 0. The molecule has 3 aromatic rings. The molecule has 2 aromatic heterocycles. The molecule has 2 saturated carbocycles. The van der Waals surface area contributed by atoms with Crippen LogP contribution in [-0.2, 0) is 4.74 Å². The third-order valence-electron chi connectivity index (χ3n) is 6.84. The lowest BCUT2D eigenvalue weighted by molar-refractivity contribution is -0.216. The highest BCUT2D eigenvalue weighted by Gasteiger charge is 2.51. The average Bonchev–Trinajstić information content (AvgIpc) is 3.56. The molecule has 37 heavy (non-hydrogen) atoms. The van der Waals surface area contributed by atoms with Crippen molar-refractivity contribution < 1.29 is 30.3 Å². The van der Waals surface area contributed by atoms with Crippen molar-refractivity contribution in [1.82, 2.24) is 25.0 Å². The molecule has 8 atom stereocenters. The number of hydrogen-bond donors (Lipinski definition) is 6. The molecule has 12 nitrogen and oxygen atoms in total. The van der Waals surface area contributed by atoms with E-state index in [-0.39, 0.29) is 24.9 Å². The molecule has 2 fully saturated rings. The van der Waals surface area contributed by atoms with Crippen molar-refractivity contribution in [2.75, 3.05) is 24.3 Å². The zero-order chi connectivity index (χ0) is 26.1. The Kier molecular flexibility index (Phi) is 7.91. The first-order chi connectivity index (χ1) is 17.9. The number of thioether (sulfide) groups is 1. The van der Waals surface area contributed by atoms with Crippen LogP contribution >= 0.6 is 11.8 Å². The lowest BCUT2D eigenvalue weighted by atomic mass is 9.83. The first kappa shape index (κ1) is 26.2. The zero-order valence-corrected chi connectivity index (χ0v) is 21.1. The Morgan fingerprint density at radius 1 is 1.05 bits per heavy atom. The van der Waals surface area contributed by atoms with Crippen molar-refractivity contribution >= 4 is 28.7 Å². The number of fused-ring (bicyclic) bond motifs is 1. The average molecular weight is 533 g/mol. The summed E-state index contributed by atoms with van der Waals surface area (Å²) < 4.78 is 6.52. The molecule has 13 heteroatoms. The Morgan fingerprint density at radius 3 is 2.46 bits per heavy atom. The summed E-state index contributed by atoms with van der Waals surface area (Å²) in [6.07, 6.45) is -5.60. The van der Waals surface area contributed by atoms with Crippen LogP contribution in [0.1, 0.15) is 37.3 Å². The number of aliphatic hydroxyl groups excluding tert-OH is 5. The van der Waals surface area contributed by atoms with Crippen LogP contribution in [0.15, 0.2) is 35.5 Å². The van der Waals surface area contributed by atoms with E-state index in [4.69, 9.17) is 9.84 Å². The molecule has 0 radical (unpaired) electrons. The van der Waals surface area contributed by atoms with Crippen molar-refractivity contribution in [3.63, 3.8) is 0 Å². The second-order valence-corrected chi connectivity index (χ2v) is 10.5. The molecule has 6 N–H and O–H groups in total. The van der Waals surface area contributed by atoms with Gasteiger partial charge in [-0.15, -0.1) is 5.10 Å². The number of nitrogens with zero attached hydrogens (tertiary/aromatic N) is 5. The van der Waals surface area contributed by atoms with E-state index in [2.05, 4.69) is 44.7 Å². The summed E-state index contributed by atoms with van der Waals surface area (Å²) in [6.45, 7) is 1.55. The number of rotatable bonds is 10. The molecule has 0 amide bonds. The lowest BCUT2D eigenvalue weighted by Gasteiger charge is -2.43. The highest BCUT2D eigenvalue weighted by atomic mass is 32.2. The van der Waals surface area contributed by atoms with Crippen molar-refractivity contribution in [3.05, 3.63) is 35.9 Å². The van der Waals surface area contributed by atoms with Gasteiger partial charge in [0.05, 0.1) is 13.2 Å². The van der Waals surface area contributed by atoms with Gasteiger partial charge >= 0.3 is 0 Å². The second kappa shape index (κ2) is 11.2. The van der Waals surface area contributed by atoms with Gasteiger partial charge in [0.1, 0.15) is 36.6 Å². The monoisotopic (exact) mass is 532 g/mol. The Bertz CT molecular complexity index is 1190. The standard InChI is InChI=1S/C24H32N6O6S/c1-2-10-37-24-26-22(25-14-11-13(14)12-6-4-3-5-7-12)15-23(27-24)30(29-28-15)16-17(32)19(34)21(36-9-8-31)20(35)18(16)33/h3-7,13-14,16-21,31-35H,2,8-11H2,1H3,(H,25,26,27)/t13?,14?,16?,17-,18+,19-,20+,21?. The van der Waals surface area contributed by atoms with E-state index in [9.17, 15) is 20.4 Å². The molecule has 0 saturated heterocycles. The maximum Gasteiger partial charge on any atom is 0.191 e. The summed E-state index contributed by atoms with van der Waals surface area (Å²) in [5.41, 5.74) is 1.87. The fourth-order valence-electron chi connectivity index (χ4n) is 4.84. The highest BCUT2D eigenvalue weighted by Crippen LogP contribution is 2.43. The van der Waals surface area contributed by atoms with Crippen LogP contribution in [0.4, 0.5) is 5.82 Å². The Morgan fingerprint density at radius 2 is 1.78 bits per heavy atom. The van der Waals surface area contributed by atoms with Gasteiger partial charge in [0.2, 0.25) is 0 Å². The normalized spacial score (nSPS) is 31.5. The van der Waals surface area contributed by atoms with Gasteiger partial charge in [-0.25, -0.2) is 14.6 Å². The van der Waals surface area contributed by atoms with Crippen molar-refractivity contribution in [2.24, 2.45) is 0 Å². The molecule has 0 spiro atoms. The molecule has 5 rings (SSSR count). The van der Waals surface area contributed by atoms with Crippen LogP contribution in [-0.4, -0.2) is 106 Å². The number of aliphatic hydroxyl groups is 5. The maximum atomic E-state index is 10.9. The number of anilines is 1. The summed E-state index contributed by atoms with van der Waals surface area (Å²) in [6, 6.07) is 9.13. The molecule has 0 aliphatic heterocycles. The van der Waals surface area contributed by atoms with E-state index in [1.807, 2.05) is 18.2 Å². The van der Waals surface area contributed by atoms with Crippen LogP contribution in [0, 0.1) is 0 Å². The molecule has 2 aliphatic rings. The Hall–Kier alpha value is -2.39. The van der Waals surface area contributed by atoms with Crippen LogP contribution in [0.5, 0.6) is 0 Å². The number of ether oxygens (including phenoxy) is 1.